The van der Waals surface area contributed by atoms with Crippen LogP contribution in [0.3, 0.4) is 0 Å². The minimum Gasteiger partial charge on any atom is -0.550 e. The molecule has 0 fully saturated rings. The second-order valence-electron chi connectivity index (χ2n) is 12.8. The minimum absolute atomic E-state index is 0. The summed E-state index contributed by atoms with van der Waals surface area (Å²) in [5, 5.41) is 51.6. The van der Waals surface area contributed by atoms with Gasteiger partial charge in [-0.1, -0.05) is 133 Å². The van der Waals surface area contributed by atoms with E-state index in [4.69, 9.17) is 0 Å². The zero-order valence-electron chi connectivity index (χ0n) is 34.1. The van der Waals surface area contributed by atoms with Gasteiger partial charge in [0.1, 0.15) is 0 Å². The molecule has 0 radical (unpaired) electrons. The van der Waals surface area contributed by atoms with Crippen LogP contribution in [0.2, 0.25) is 0 Å². The van der Waals surface area contributed by atoms with Gasteiger partial charge < -0.3 is 49.5 Å². The summed E-state index contributed by atoms with van der Waals surface area (Å²) in [7, 11) is 0. The van der Waals surface area contributed by atoms with Crippen LogP contribution in [0, 0.1) is 29.6 Å². The largest absolute Gasteiger partial charge is 5.00 e. The zero-order valence-corrected chi connectivity index (χ0v) is 35.5. The predicted octanol–water partition coefficient (Wildman–Crippen LogP) is 4.76. The molecule has 0 spiro atoms. The Bertz CT molecular complexity index is 655. The Morgan fingerprint density at radius 3 is 0.490 bits per heavy atom. The number of unbranched alkanes of at least 4 members (excludes halogenated alkanes) is 5. The Kier molecular flexibility index (Phi) is 55.0. The molecule has 0 aromatic heterocycles. The third-order valence-corrected chi connectivity index (χ3v) is 8.66. The minimum atomic E-state index is -0.893. The van der Waals surface area contributed by atoms with Crippen molar-refractivity contribution < 1.29 is 68.1 Å². The summed E-state index contributed by atoms with van der Waals surface area (Å²) in [6.07, 6.45) is 17.6. The van der Waals surface area contributed by atoms with Crippen LogP contribution in [0.25, 0.3) is 0 Å². The van der Waals surface area contributed by atoms with E-state index in [1.165, 1.54) is 0 Å². The number of carboxylic acids is 5. The van der Waals surface area contributed by atoms with E-state index in [0.717, 1.165) is 96.3 Å². The van der Waals surface area contributed by atoms with Crippen molar-refractivity contribution in [2.75, 3.05) is 0 Å². The van der Waals surface area contributed by atoms with Crippen LogP contribution in [-0.4, -0.2) is 29.8 Å². The van der Waals surface area contributed by atoms with Crippen molar-refractivity contribution in [2.45, 2.75) is 198 Å². The van der Waals surface area contributed by atoms with E-state index >= 15 is 0 Å². The van der Waals surface area contributed by atoms with Crippen LogP contribution in [-0.2, 0) is 42.5 Å². The first-order valence-corrected chi connectivity index (χ1v) is 19.6. The number of carboxylic acid groups (broad SMARTS) is 5. The van der Waals surface area contributed by atoms with Crippen LogP contribution in [0.5, 0.6) is 0 Å². The maximum atomic E-state index is 10.3. The fourth-order valence-corrected chi connectivity index (χ4v) is 4.70. The smallest absolute Gasteiger partial charge is 0.550 e. The average molecular weight is 767 g/mol. The molecule has 5 unspecified atom stereocenters. The van der Waals surface area contributed by atoms with Crippen LogP contribution in [0.4, 0.5) is 0 Å². The summed E-state index contributed by atoms with van der Waals surface area (Å²) < 4.78 is 0. The molecular formula is C40H75O10V. The summed E-state index contributed by atoms with van der Waals surface area (Å²) in [6, 6.07) is 0. The van der Waals surface area contributed by atoms with Crippen molar-refractivity contribution in [1.82, 2.24) is 0 Å². The third-order valence-electron chi connectivity index (χ3n) is 8.66. The van der Waals surface area contributed by atoms with Crippen molar-refractivity contribution in [3.8, 4) is 0 Å². The van der Waals surface area contributed by atoms with Gasteiger partial charge >= 0.3 is 18.6 Å². The van der Waals surface area contributed by atoms with Crippen molar-refractivity contribution in [2.24, 2.45) is 29.6 Å². The normalized spacial score (nSPS) is 12.7. The van der Waals surface area contributed by atoms with E-state index < -0.39 is 29.8 Å². The molecule has 0 rings (SSSR count). The fourth-order valence-electron chi connectivity index (χ4n) is 4.70. The van der Waals surface area contributed by atoms with E-state index in [1.54, 1.807) is 0 Å². The summed E-state index contributed by atoms with van der Waals surface area (Å²) >= 11 is 0. The summed E-state index contributed by atoms with van der Waals surface area (Å²) in [5.41, 5.74) is 0. The third kappa shape index (κ3) is 44.0. The van der Waals surface area contributed by atoms with Crippen molar-refractivity contribution in [3.63, 3.8) is 0 Å². The molecule has 0 heterocycles. The first kappa shape index (κ1) is 61.0. The van der Waals surface area contributed by atoms with E-state index in [0.29, 0.717) is 32.1 Å². The van der Waals surface area contributed by atoms with Gasteiger partial charge in [0.2, 0.25) is 0 Å². The van der Waals surface area contributed by atoms with Gasteiger partial charge in [0, 0.05) is 29.8 Å². The Morgan fingerprint density at radius 1 is 0.314 bits per heavy atom. The maximum Gasteiger partial charge on any atom is 5.00 e. The molecule has 10 nitrogen and oxygen atoms in total. The molecule has 0 saturated heterocycles. The Labute approximate surface area is 324 Å². The van der Waals surface area contributed by atoms with Crippen LogP contribution < -0.4 is 25.5 Å². The molecule has 0 saturated carbocycles. The van der Waals surface area contributed by atoms with Gasteiger partial charge in [-0.3, -0.25) is 0 Å². The molecule has 0 N–H and O–H groups in total. The maximum absolute atomic E-state index is 10.3. The fraction of sp³-hybridized carbons (Fsp3) is 0.875. The molecule has 0 amide bonds. The van der Waals surface area contributed by atoms with Gasteiger partial charge in [0.05, 0.1) is 0 Å². The number of aliphatic carboxylic acids is 5. The Hall–Kier alpha value is -2.07. The predicted molar refractivity (Wildman–Crippen MR) is 192 cm³/mol. The van der Waals surface area contributed by atoms with Gasteiger partial charge in [0.15, 0.2) is 0 Å². The molecule has 300 valence electrons. The van der Waals surface area contributed by atoms with Crippen LogP contribution in [0.1, 0.15) is 198 Å². The Balaban J connectivity index is -0.000000123. The summed E-state index contributed by atoms with van der Waals surface area (Å²) in [4.78, 5) is 51.6. The number of hydrogen-bond acceptors (Lipinski definition) is 10. The quantitative estimate of drug-likeness (QED) is 0.125. The van der Waals surface area contributed by atoms with Crippen LogP contribution >= 0.6 is 0 Å². The second kappa shape index (κ2) is 46.0. The van der Waals surface area contributed by atoms with Gasteiger partial charge in [-0.2, -0.15) is 0 Å². The summed E-state index contributed by atoms with van der Waals surface area (Å²) in [6.45, 7) is 19.7. The first-order valence-electron chi connectivity index (χ1n) is 19.6. The van der Waals surface area contributed by atoms with Crippen LogP contribution in [0.15, 0.2) is 0 Å². The van der Waals surface area contributed by atoms with Gasteiger partial charge in [0.25, 0.3) is 0 Å². The molecule has 0 aromatic carbocycles. The SMILES string of the molecule is CCCCC(CC)C(=O)[O-].CCCCC(CC)C(=O)[O-].CCCCC(CC)C(=O)[O-].CCCCC(CC)C(=O)[O-].CCCCC(CC)C(=O)[O-].[V+5]. The van der Waals surface area contributed by atoms with E-state index in [1.807, 2.05) is 34.6 Å². The molecule has 0 aliphatic rings. The van der Waals surface area contributed by atoms with E-state index in [2.05, 4.69) is 34.6 Å². The standard InChI is InChI=1S/5C8H16O2.V/c5*1-3-5-6-7(4-2)8(9)10;/h5*7H,3-6H2,1-2H3,(H,9,10);/q;;;;;+5/p-5. The topological polar surface area (TPSA) is 201 Å². The number of hydrogen-bond donors (Lipinski definition) is 0. The first-order chi connectivity index (χ1) is 23.6. The molecule has 0 aromatic rings. The molecule has 0 bridgehead atoms. The van der Waals surface area contributed by atoms with Gasteiger partial charge in [-0.05, 0) is 93.8 Å². The van der Waals surface area contributed by atoms with E-state index in [9.17, 15) is 49.5 Å². The summed E-state index contributed by atoms with van der Waals surface area (Å²) in [5.74, 6) is -5.57. The Morgan fingerprint density at radius 2 is 0.431 bits per heavy atom. The zero-order chi connectivity index (χ0) is 39.9. The van der Waals surface area contributed by atoms with Gasteiger partial charge in [-0.15, -0.1) is 0 Å². The molecule has 51 heavy (non-hydrogen) atoms. The number of carbonyl (C=O) groups excluding carboxylic acids is 5. The molecular weight excluding hydrogens is 691 g/mol. The number of rotatable bonds is 25. The molecule has 0 aliphatic heterocycles. The molecule has 11 heteroatoms. The number of carbonyl (C=O) groups is 5. The van der Waals surface area contributed by atoms with Crippen molar-refractivity contribution in [1.29, 1.82) is 0 Å². The average Bonchev–Trinajstić information content (AvgIpc) is 3.07. The molecule has 5 atom stereocenters. The van der Waals surface area contributed by atoms with Gasteiger partial charge in [-0.25, -0.2) is 0 Å². The molecule has 0 aliphatic carbocycles. The second-order valence-corrected chi connectivity index (χ2v) is 12.8. The monoisotopic (exact) mass is 766 g/mol. The van der Waals surface area contributed by atoms with Crippen molar-refractivity contribution in [3.05, 3.63) is 0 Å². The van der Waals surface area contributed by atoms with E-state index in [-0.39, 0.29) is 48.1 Å². The van der Waals surface area contributed by atoms with Crippen molar-refractivity contribution >= 4 is 29.8 Å².